The van der Waals surface area contributed by atoms with Gasteiger partial charge in [0.15, 0.2) is 29.5 Å². The number of nitrogens with zero attached hydrogens (tertiary/aromatic N) is 4. The van der Waals surface area contributed by atoms with Gasteiger partial charge in [0.25, 0.3) is 11.6 Å². The second-order valence-electron chi connectivity index (χ2n) is 5.40. The summed E-state index contributed by atoms with van der Waals surface area (Å²) in [7, 11) is 0. The molecular formula is C18H13FN4O4. The number of benzene rings is 1. The molecule has 4 aromatic rings. The van der Waals surface area contributed by atoms with Crippen LogP contribution in [0.5, 0.6) is 17.6 Å². The molecule has 0 spiro atoms. The quantitative estimate of drug-likeness (QED) is 0.394. The topological polar surface area (TPSA) is 97.2 Å². The Balaban J connectivity index is 1.79. The van der Waals surface area contributed by atoms with E-state index < -0.39 is 5.82 Å². The highest BCUT2D eigenvalue weighted by molar-refractivity contribution is 5.77. The standard InChI is InChI=1S/C18H13FN4O4/c1-2-25-16-14-17(27-15(20-14)11-6-5-9-23(24)10-11)22-18(21-16)26-13-8-4-3-7-12(13)19/h3-10H,2H2,1H3. The molecule has 4 rings (SSSR count). The molecular weight excluding hydrogens is 355 g/mol. The molecule has 0 bridgehead atoms. The summed E-state index contributed by atoms with van der Waals surface area (Å²) < 4.78 is 31.0. The smallest absolute Gasteiger partial charge is 0.328 e. The lowest BCUT2D eigenvalue weighted by molar-refractivity contribution is -0.604. The number of aromatic nitrogens is 4. The molecule has 3 heterocycles. The Morgan fingerprint density at radius 3 is 2.78 bits per heavy atom. The van der Waals surface area contributed by atoms with E-state index in [0.717, 1.165) is 0 Å². The maximum Gasteiger partial charge on any atom is 0.328 e. The molecule has 0 atom stereocenters. The predicted octanol–water partition coefficient (Wildman–Crippen LogP) is 3.25. The Morgan fingerprint density at radius 2 is 2.00 bits per heavy atom. The van der Waals surface area contributed by atoms with Crippen molar-refractivity contribution in [3.05, 3.63) is 59.8 Å². The fraction of sp³-hybridized carbons (Fsp3) is 0.111. The van der Waals surface area contributed by atoms with Gasteiger partial charge in [0.2, 0.25) is 5.89 Å². The third kappa shape index (κ3) is 3.34. The summed E-state index contributed by atoms with van der Waals surface area (Å²) in [6.45, 7) is 2.10. The first-order valence-corrected chi connectivity index (χ1v) is 8.07. The first-order valence-electron chi connectivity index (χ1n) is 8.07. The number of pyridine rings is 1. The summed E-state index contributed by atoms with van der Waals surface area (Å²) in [6.07, 6.45) is 2.66. The first kappa shape index (κ1) is 16.7. The van der Waals surface area contributed by atoms with Gasteiger partial charge in [-0.25, -0.2) is 9.37 Å². The van der Waals surface area contributed by atoms with E-state index in [2.05, 4.69) is 15.0 Å². The van der Waals surface area contributed by atoms with Crippen LogP contribution in [0.25, 0.3) is 22.7 Å². The van der Waals surface area contributed by atoms with Crippen LogP contribution in [-0.4, -0.2) is 21.6 Å². The molecule has 0 aliphatic rings. The third-order valence-corrected chi connectivity index (χ3v) is 3.55. The van der Waals surface area contributed by atoms with Gasteiger partial charge in [-0.3, -0.25) is 0 Å². The van der Waals surface area contributed by atoms with Crippen molar-refractivity contribution in [1.82, 2.24) is 15.0 Å². The van der Waals surface area contributed by atoms with Crippen LogP contribution in [0.1, 0.15) is 6.92 Å². The highest BCUT2D eigenvalue weighted by Gasteiger charge is 2.19. The summed E-state index contributed by atoms with van der Waals surface area (Å²) in [6, 6.07) is 8.97. The second kappa shape index (κ2) is 6.87. The fourth-order valence-corrected chi connectivity index (χ4v) is 2.39. The van der Waals surface area contributed by atoms with Crippen molar-refractivity contribution in [2.24, 2.45) is 0 Å². The van der Waals surface area contributed by atoms with Crippen molar-refractivity contribution in [1.29, 1.82) is 0 Å². The number of halogens is 1. The van der Waals surface area contributed by atoms with Gasteiger partial charge in [0, 0.05) is 6.07 Å². The van der Waals surface area contributed by atoms with Gasteiger partial charge in [-0.1, -0.05) is 12.1 Å². The summed E-state index contributed by atoms with van der Waals surface area (Å²) in [5, 5.41) is 11.5. The minimum absolute atomic E-state index is 0.0329. The number of hydrogen-bond donors (Lipinski definition) is 0. The number of oxazole rings is 1. The zero-order valence-electron chi connectivity index (χ0n) is 14.1. The molecule has 0 amide bonds. The zero-order valence-corrected chi connectivity index (χ0v) is 14.1. The van der Waals surface area contributed by atoms with Gasteiger partial charge in [-0.2, -0.15) is 14.7 Å². The molecule has 0 N–H and O–H groups in total. The minimum Gasteiger partial charge on any atom is -0.619 e. The molecule has 0 aliphatic heterocycles. The minimum atomic E-state index is -0.554. The lowest BCUT2D eigenvalue weighted by Gasteiger charge is -2.06. The van der Waals surface area contributed by atoms with Crippen LogP contribution in [0.15, 0.2) is 53.2 Å². The predicted molar refractivity (Wildman–Crippen MR) is 91.6 cm³/mol. The number of ether oxygens (including phenoxy) is 2. The van der Waals surface area contributed by atoms with Crippen LogP contribution in [-0.2, 0) is 0 Å². The summed E-state index contributed by atoms with van der Waals surface area (Å²) >= 11 is 0. The molecule has 0 aliphatic carbocycles. The molecule has 9 heteroatoms. The number of fused-ring (bicyclic) bond motifs is 1. The van der Waals surface area contributed by atoms with E-state index in [-0.39, 0.29) is 34.8 Å². The fourth-order valence-electron chi connectivity index (χ4n) is 2.39. The molecule has 0 radical (unpaired) electrons. The van der Waals surface area contributed by atoms with Crippen LogP contribution >= 0.6 is 0 Å². The van der Waals surface area contributed by atoms with Crippen molar-refractivity contribution in [2.75, 3.05) is 6.61 Å². The van der Waals surface area contributed by atoms with E-state index in [1.165, 1.54) is 24.5 Å². The van der Waals surface area contributed by atoms with Gasteiger partial charge >= 0.3 is 6.01 Å². The Kier molecular flexibility index (Phi) is 4.25. The van der Waals surface area contributed by atoms with Gasteiger partial charge in [-0.05, 0) is 25.1 Å². The van der Waals surface area contributed by atoms with Gasteiger partial charge in [0.05, 0.1) is 6.61 Å². The number of hydrogen-bond acceptors (Lipinski definition) is 7. The van der Waals surface area contributed by atoms with Crippen LogP contribution in [0.2, 0.25) is 0 Å². The SMILES string of the molecule is CCOc1nc(Oc2ccccc2F)nc2oc(-c3ccc[n+]([O-])c3)nc12. The van der Waals surface area contributed by atoms with E-state index in [9.17, 15) is 9.60 Å². The Labute approximate surface area is 152 Å². The molecule has 0 saturated carbocycles. The van der Waals surface area contributed by atoms with Gasteiger partial charge in [-0.15, -0.1) is 0 Å². The molecule has 0 unspecified atom stereocenters. The largest absolute Gasteiger partial charge is 0.619 e. The highest BCUT2D eigenvalue weighted by Crippen LogP contribution is 2.31. The van der Waals surface area contributed by atoms with Crippen molar-refractivity contribution in [2.45, 2.75) is 6.92 Å². The molecule has 136 valence electrons. The average Bonchev–Trinajstić information content (AvgIpc) is 3.08. The Hall–Kier alpha value is -3.75. The van der Waals surface area contributed by atoms with Crippen molar-refractivity contribution >= 4 is 11.2 Å². The van der Waals surface area contributed by atoms with Crippen molar-refractivity contribution < 1.29 is 23.0 Å². The van der Waals surface area contributed by atoms with E-state index >= 15 is 0 Å². The molecule has 1 aromatic carbocycles. The Bertz CT molecular complexity index is 1120. The van der Waals surface area contributed by atoms with E-state index in [0.29, 0.717) is 16.9 Å². The van der Waals surface area contributed by atoms with Crippen molar-refractivity contribution in [3.8, 4) is 29.1 Å². The maximum absolute atomic E-state index is 13.8. The normalized spacial score (nSPS) is 10.9. The van der Waals surface area contributed by atoms with Crippen LogP contribution in [0, 0.1) is 11.0 Å². The van der Waals surface area contributed by atoms with Gasteiger partial charge in [0.1, 0.15) is 5.56 Å². The third-order valence-electron chi connectivity index (χ3n) is 3.55. The molecule has 0 fully saturated rings. The van der Waals surface area contributed by atoms with Gasteiger partial charge < -0.3 is 19.1 Å². The monoisotopic (exact) mass is 368 g/mol. The average molecular weight is 368 g/mol. The van der Waals surface area contributed by atoms with Crippen molar-refractivity contribution in [3.63, 3.8) is 0 Å². The molecule has 3 aromatic heterocycles. The number of para-hydroxylation sites is 1. The van der Waals surface area contributed by atoms with E-state index in [1.54, 1.807) is 31.2 Å². The summed E-state index contributed by atoms with van der Waals surface area (Å²) in [4.78, 5) is 12.6. The van der Waals surface area contributed by atoms with Crippen LogP contribution < -0.4 is 14.2 Å². The maximum atomic E-state index is 13.8. The van der Waals surface area contributed by atoms with Crippen LogP contribution in [0.4, 0.5) is 4.39 Å². The lowest BCUT2D eigenvalue weighted by Crippen LogP contribution is -2.23. The molecule has 27 heavy (non-hydrogen) atoms. The lowest BCUT2D eigenvalue weighted by atomic mass is 10.3. The van der Waals surface area contributed by atoms with E-state index in [1.807, 2.05) is 0 Å². The number of rotatable bonds is 5. The summed E-state index contributed by atoms with van der Waals surface area (Å²) in [5.41, 5.74) is 0.828. The van der Waals surface area contributed by atoms with Crippen LogP contribution in [0.3, 0.4) is 0 Å². The van der Waals surface area contributed by atoms with E-state index in [4.69, 9.17) is 13.9 Å². The zero-order chi connectivity index (χ0) is 18.8. The summed E-state index contributed by atoms with van der Waals surface area (Å²) in [5.74, 6) is -0.278. The Morgan fingerprint density at radius 1 is 1.15 bits per heavy atom. The first-order chi connectivity index (χ1) is 13.1. The highest BCUT2D eigenvalue weighted by atomic mass is 19.1. The molecule has 0 saturated heterocycles. The second-order valence-corrected chi connectivity index (χ2v) is 5.40. The molecule has 8 nitrogen and oxygen atoms in total.